The van der Waals surface area contributed by atoms with Gasteiger partial charge in [0.05, 0.1) is 0 Å². The number of aliphatic hydroxyl groups is 2. The van der Waals surface area contributed by atoms with Crippen LogP contribution in [0.5, 0.6) is 0 Å². The van der Waals surface area contributed by atoms with E-state index in [4.69, 9.17) is 10.2 Å². The zero-order valence-corrected chi connectivity index (χ0v) is 6.82. The van der Waals surface area contributed by atoms with E-state index in [1.807, 2.05) is 0 Å². The minimum atomic E-state index is -1.41. The molecule has 0 aliphatic rings. The maximum atomic E-state index is 9.62. The van der Waals surface area contributed by atoms with Crippen LogP contribution in [-0.2, 0) is 9.53 Å². The molecule has 0 aromatic carbocycles. The Morgan fingerprint density at radius 1 is 1.60 bits per heavy atom. The third kappa shape index (κ3) is 3.81. The summed E-state index contributed by atoms with van der Waals surface area (Å²) in [5.41, 5.74) is 0. The van der Waals surface area contributed by atoms with Crippen molar-refractivity contribution in [3.8, 4) is 0 Å². The number of carbonyl (C=O) groups excluding carboxylic acids is 1. The molecule has 0 rings (SSSR count). The Kier molecular flexibility index (Phi) is 5.57. The smallest absolute Gasteiger partial charge is 0.295 e. The van der Waals surface area contributed by atoms with E-state index >= 15 is 0 Å². The van der Waals surface area contributed by atoms with Gasteiger partial charge in [0.1, 0.15) is 6.10 Å². The molecular weight excluding hydrogens is 204 g/mol. The van der Waals surface area contributed by atoms with Crippen molar-refractivity contribution < 1.29 is 19.7 Å². The first-order chi connectivity index (χ1) is 4.72. The van der Waals surface area contributed by atoms with Crippen LogP contribution in [0.1, 0.15) is 6.42 Å². The third-order valence-electron chi connectivity index (χ3n) is 0.929. The molecule has 0 heterocycles. The van der Waals surface area contributed by atoms with Crippen LogP contribution in [0.3, 0.4) is 0 Å². The Balaban J connectivity index is 3.47. The second-order valence-corrected chi connectivity index (χ2v) is 2.46. The van der Waals surface area contributed by atoms with E-state index in [2.05, 4.69) is 20.7 Å². The van der Waals surface area contributed by atoms with Gasteiger partial charge in [-0.1, -0.05) is 15.9 Å². The van der Waals surface area contributed by atoms with Crippen LogP contribution in [0, 0.1) is 0 Å². The average molecular weight is 213 g/mol. The normalized spacial score (nSPS) is 15.9. The quantitative estimate of drug-likeness (QED) is 0.371. The molecule has 0 saturated carbocycles. The Morgan fingerprint density at radius 3 is 2.60 bits per heavy atom. The first-order valence-corrected chi connectivity index (χ1v) is 3.85. The third-order valence-corrected chi connectivity index (χ3v) is 1.39. The molecule has 2 unspecified atom stereocenters. The number of alkyl halides is 1. The zero-order chi connectivity index (χ0) is 7.98. The van der Waals surface area contributed by atoms with Gasteiger partial charge in [0.15, 0.2) is 0 Å². The fourth-order valence-corrected chi connectivity index (χ4v) is 0.871. The van der Waals surface area contributed by atoms with Crippen molar-refractivity contribution in [1.29, 1.82) is 0 Å². The summed E-state index contributed by atoms with van der Waals surface area (Å²) in [5.74, 6) is 0. The lowest BCUT2D eigenvalue weighted by atomic mass is 10.3. The van der Waals surface area contributed by atoms with Gasteiger partial charge in [-0.2, -0.15) is 0 Å². The Bertz CT molecular complexity index is 97.6. The van der Waals surface area contributed by atoms with Crippen molar-refractivity contribution in [1.82, 2.24) is 0 Å². The number of hydrogen-bond donors (Lipinski definition) is 2. The summed E-state index contributed by atoms with van der Waals surface area (Å²) in [5, 5.41) is 18.2. The van der Waals surface area contributed by atoms with Crippen LogP contribution in [0.15, 0.2) is 0 Å². The number of rotatable bonds is 5. The van der Waals surface area contributed by atoms with E-state index < -0.39 is 12.4 Å². The van der Waals surface area contributed by atoms with Crippen LogP contribution in [0.4, 0.5) is 0 Å². The van der Waals surface area contributed by atoms with Crippen LogP contribution in [-0.4, -0.2) is 34.4 Å². The molecule has 0 spiro atoms. The highest BCUT2D eigenvalue weighted by Gasteiger charge is 2.15. The number of hydrogen-bond acceptors (Lipinski definition) is 4. The lowest BCUT2D eigenvalue weighted by molar-refractivity contribution is -0.172. The van der Waals surface area contributed by atoms with Gasteiger partial charge in [-0.15, -0.1) is 0 Å². The van der Waals surface area contributed by atoms with Crippen molar-refractivity contribution in [2.45, 2.75) is 18.8 Å². The molecule has 0 aliphatic carbocycles. The maximum Gasteiger partial charge on any atom is 0.295 e. The van der Waals surface area contributed by atoms with Gasteiger partial charge in [-0.3, -0.25) is 4.79 Å². The van der Waals surface area contributed by atoms with E-state index in [0.717, 1.165) is 0 Å². The van der Waals surface area contributed by atoms with Gasteiger partial charge in [-0.05, 0) is 6.42 Å². The number of aliphatic hydroxyl groups excluding tert-OH is 2. The first-order valence-electron chi connectivity index (χ1n) is 2.73. The van der Waals surface area contributed by atoms with Crippen molar-refractivity contribution in [3.63, 3.8) is 0 Å². The molecule has 5 heteroatoms. The summed E-state index contributed by atoms with van der Waals surface area (Å²) >= 11 is 3.05. The highest BCUT2D eigenvalue weighted by molar-refractivity contribution is 9.09. The minimum Gasteiger partial charge on any atom is -0.435 e. The van der Waals surface area contributed by atoms with Gasteiger partial charge in [-0.25, -0.2) is 0 Å². The van der Waals surface area contributed by atoms with E-state index in [-0.39, 0.29) is 6.47 Å². The largest absolute Gasteiger partial charge is 0.435 e. The molecule has 0 aromatic rings. The molecule has 0 fully saturated rings. The predicted octanol–water partition coefficient (Wildman–Crippen LogP) is -0.376. The van der Waals surface area contributed by atoms with Crippen LogP contribution >= 0.6 is 15.9 Å². The van der Waals surface area contributed by atoms with Crippen molar-refractivity contribution in [2.24, 2.45) is 0 Å². The maximum absolute atomic E-state index is 9.62. The fourth-order valence-electron chi connectivity index (χ4n) is 0.402. The van der Waals surface area contributed by atoms with Crippen LogP contribution < -0.4 is 0 Å². The summed E-state index contributed by atoms with van der Waals surface area (Å²) in [7, 11) is 0. The topological polar surface area (TPSA) is 66.8 Å². The molecule has 4 nitrogen and oxygen atoms in total. The molecule has 2 atom stereocenters. The number of carbonyl (C=O) groups is 1. The lowest BCUT2D eigenvalue weighted by Crippen LogP contribution is -2.28. The fraction of sp³-hybridized carbons (Fsp3) is 0.800. The predicted molar refractivity (Wildman–Crippen MR) is 37.6 cm³/mol. The summed E-state index contributed by atoms with van der Waals surface area (Å²) in [6.07, 6.45) is -2.07. The van der Waals surface area contributed by atoms with E-state index in [0.29, 0.717) is 11.8 Å². The second-order valence-electron chi connectivity index (χ2n) is 1.67. The SMILES string of the molecule is O=COC(O)C(O)CCBr. The van der Waals surface area contributed by atoms with Gasteiger partial charge < -0.3 is 14.9 Å². The minimum absolute atomic E-state index is 0.0993. The molecule has 0 aromatic heterocycles. The van der Waals surface area contributed by atoms with Crippen molar-refractivity contribution >= 4 is 22.4 Å². The zero-order valence-electron chi connectivity index (χ0n) is 5.24. The van der Waals surface area contributed by atoms with Gasteiger partial charge in [0, 0.05) is 5.33 Å². The van der Waals surface area contributed by atoms with Gasteiger partial charge in [0.25, 0.3) is 6.47 Å². The highest BCUT2D eigenvalue weighted by Crippen LogP contribution is 2.01. The molecule has 0 radical (unpaired) electrons. The van der Waals surface area contributed by atoms with Crippen LogP contribution in [0.2, 0.25) is 0 Å². The Morgan fingerprint density at radius 2 is 2.20 bits per heavy atom. The summed E-state index contributed by atoms with van der Waals surface area (Å²) in [6, 6.07) is 0. The average Bonchev–Trinajstić information content (AvgIpc) is 1.89. The number of ether oxygens (including phenoxy) is 1. The lowest BCUT2D eigenvalue weighted by Gasteiger charge is -2.13. The molecule has 10 heavy (non-hydrogen) atoms. The van der Waals surface area contributed by atoms with Crippen molar-refractivity contribution in [3.05, 3.63) is 0 Å². The molecule has 2 N–H and O–H groups in total. The first kappa shape index (κ1) is 9.87. The summed E-state index contributed by atoms with van der Waals surface area (Å²) < 4.78 is 4.06. The Labute approximate surface area is 66.9 Å². The molecule has 0 saturated heterocycles. The summed E-state index contributed by atoms with van der Waals surface area (Å²) in [4.78, 5) is 9.62. The van der Waals surface area contributed by atoms with Crippen molar-refractivity contribution in [2.75, 3.05) is 5.33 Å². The van der Waals surface area contributed by atoms with Crippen LogP contribution in [0.25, 0.3) is 0 Å². The van der Waals surface area contributed by atoms with E-state index in [9.17, 15) is 4.79 Å². The summed E-state index contributed by atoms with van der Waals surface area (Å²) in [6.45, 7) is 0.0993. The van der Waals surface area contributed by atoms with Gasteiger partial charge in [0.2, 0.25) is 6.29 Å². The van der Waals surface area contributed by atoms with E-state index in [1.165, 1.54) is 0 Å². The second kappa shape index (κ2) is 5.64. The Hall–Kier alpha value is -0.130. The van der Waals surface area contributed by atoms with Gasteiger partial charge >= 0.3 is 0 Å². The van der Waals surface area contributed by atoms with E-state index in [1.54, 1.807) is 0 Å². The standard InChI is InChI=1S/C5H9BrO4/c6-2-1-4(8)5(9)10-3-7/h3-5,8-9H,1-2H2. The molecule has 0 aliphatic heterocycles. The highest BCUT2D eigenvalue weighted by atomic mass is 79.9. The number of halogens is 1. The molecular formula is C5H9BrO4. The molecule has 60 valence electrons. The monoisotopic (exact) mass is 212 g/mol. The molecule has 0 amide bonds. The molecule has 0 bridgehead atoms.